The summed E-state index contributed by atoms with van der Waals surface area (Å²) in [4.78, 5) is 16.3. The number of hydrogen-bond donors (Lipinski definition) is 0. The van der Waals surface area contributed by atoms with E-state index in [0.29, 0.717) is 24.6 Å². The van der Waals surface area contributed by atoms with Crippen molar-refractivity contribution in [3.05, 3.63) is 0 Å². The Bertz CT molecular complexity index is 306. The standard InChI is InChI=1S/C14H26N2O2/c1-10(2)15(4)9-14(17)16-6-5-12-7-11(3)18-13(12)8-16/h10-13H,5-9H2,1-4H3/t11-,12+,13-/m1/s1. The molecule has 2 aliphatic rings. The molecule has 0 unspecified atom stereocenters. The first-order chi connectivity index (χ1) is 8.47. The van der Waals surface area contributed by atoms with Crippen LogP contribution >= 0.6 is 0 Å². The van der Waals surface area contributed by atoms with Gasteiger partial charge in [0.15, 0.2) is 0 Å². The molecule has 0 aromatic carbocycles. The minimum atomic E-state index is 0.243. The summed E-state index contributed by atoms with van der Waals surface area (Å²) in [5, 5.41) is 0. The second kappa shape index (κ2) is 5.57. The van der Waals surface area contributed by atoms with E-state index in [4.69, 9.17) is 4.74 Å². The van der Waals surface area contributed by atoms with Crippen LogP contribution < -0.4 is 0 Å². The van der Waals surface area contributed by atoms with Gasteiger partial charge in [-0.05, 0) is 46.6 Å². The Hall–Kier alpha value is -0.610. The molecule has 104 valence electrons. The van der Waals surface area contributed by atoms with Crippen LogP contribution in [-0.4, -0.2) is 60.6 Å². The van der Waals surface area contributed by atoms with E-state index in [9.17, 15) is 4.79 Å². The average molecular weight is 254 g/mol. The fraction of sp³-hybridized carbons (Fsp3) is 0.929. The molecule has 2 rings (SSSR count). The number of likely N-dealkylation sites (N-methyl/N-ethyl adjacent to an activating group) is 1. The SMILES string of the molecule is CC(C)N(C)CC(=O)N1CC[C@H]2C[C@@H](C)O[C@@H]2C1. The molecule has 0 N–H and O–H groups in total. The van der Waals surface area contributed by atoms with E-state index in [0.717, 1.165) is 19.5 Å². The number of amides is 1. The minimum absolute atomic E-state index is 0.243. The molecule has 2 heterocycles. The zero-order chi connectivity index (χ0) is 13.3. The van der Waals surface area contributed by atoms with Gasteiger partial charge in [-0.15, -0.1) is 0 Å². The number of carbonyl (C=O) groups is 1. The molecule has 0 aromatic heterocycles. The van der Waals surface area contributed by atoms with Crippen molar-refractivity contribution in [3.8, 4) is 0 Å². The summed E-state index contributed by atoms with van der Waals surface area (Å²) in [7, 11) is 2.00. The van der Waals surface area contributed by atoms with Crippen LogP contribution in [0.4, 0.5) is 0 Å². The number of fused-ring (bicyclic) bond motifs is 1. The molecular weight excluding hydrogens is 228 g/mol. The van der Waals surface area contributed by atoms with Crippen molar-refractivity contribution in [2.45, 2.75) is 51.9 Å². The molecule has 0 bridgehead atoms. The monoisotopic (exact) mass is 254 g/mol. The van der Waals surface area contributed by atoms with Crippen LogP contribution in [0, 0.1) is 5.92 Å². The molecule has 0 aromatic rings. The van der Waals surface area contributed by atoms with Gasteiger partial charge in [-0.2, -0.15) is 0 Å². The Labute approximate surface area is 110 Å². The van der Waals surface area contributed by atoms with E-state index in [2.05, 4.69) is 25.7 Å². The van der Waals surface area contributed by atoms with Gasteiger partial charge in [0.2, 0.25) is 5.91 Å². The quantitative estimate of drug-likeness (QED) is 0.762. The van der Waals surface area contributed by atoms with E-state index >= 15 is 0 Å². The Kier molecular flexibility index (Phi) is 4.28. The van der Waals surface area contributed by atoms with Crippen molar-refractivity contribution in [1.82, 2.24) is 9.80 Å². The van der Waals surface area contributed by atoms with Crippen LogP contribution in [0.25, 0.3) is 0 Å². The third kappa shape index (κ3) is 3.04. The number of nitrogens with zero attached hydrogens (tertiary/aromatic N) is 2. The molecule has 3 atom stereocenters. The average Bonchev–Trinajstić information content (AvgIpc) is 2.67. The number of hydrogen-bond acceptors (Lipinski definition) is 3. The van der Waals surface area contributed by atoms with Crippen LogP contribution in [0.2, 0.25) is 0 Å². The van der Waals surface area contributed by atoms with Gasteiger partial charge in [-0.25, -0.2) is 0 Å². The smallest absolute Gasteiger partial charge is 0.236 e. The van der Waals surface area contributed by atoms with Gasteiger partial charge < -0.3 is 9.64 Å². The highest BCUT2D eigenvalue weighted by molar-refractivity contribution is 5.78. The van der Waals surface area contributed by atoms with Gasteiger partial charge in [0.1, 0.15) is 0 Å². The fourth-order valence-corrected chi connectivity index (χ4v) is 2.89. The molecule has 2 aliphatic heterocycles. The summed E-state index contributed by atoms with van der Waals surface area (Å²) >= 11 is 0. The summed E-state index contributed by atoms with van der Waals surface area (Å²) in [6.07, 6.45) is 2.92. The van der Waals surface area contributed by atoms with Gasteiger partial charge >= 0.3 is 0 Å². The van der Waals surface area contributed by atoms with Crippen LogP contribution in [0.5, 0.6) is 0 Å². The van der Waals surface area contributed by atoms with E-state index in [-0.39, 0.29) is 12.0 Å². The lowest BCUT2D eigenvalue weighted by Crippen LogP contribution is -2.49. The molecule has 18 heavy (non-hydrogen) atoms. The topological polar surface area (TPSA) is 32.8 Å². The number of likely N-dealkylation sites (tertiary alicyclic amines) is 1. The maximum Gasteiger partial charge on any atom is 0.236 e. The van der Waals surface area contributed by atoms with Crippen LogP contribution in [-0.2, 0) is 9.53 Å². The molecule has 1 amide bonds. The zero-order valence-corrected chi connectivity index (χ0v) is 12.1. The van der Waals surface area contributed by atoms with Crippen molar-refractivity contribution < 1.29 is 9.53 Å². The molecule has 2 saturated heterocycles. The van der Waals surface area contributed by atoms with Crippen LogP contribution in [0.3, 0.4) is 0 Å². The maximum absolute atomic E-state index is 12.2. The van der Waals surface area contributed by atoms with Crippen molar-refractivity contribution in [3.63, 3.8) is 0 Å². The number of ether oxygens (including phenoxy) is 1. The molecule has 4 heteroatoms. The Balaban J connectivity index is 1.85. The molecule has 0 spiro atoms. The van der Waals surface area contributed by atoms with Gasteiger partial charge in [0, 0.05) is 19.1 Å². The molecular formula is C14H26N2O2. The second-order valence-corrected chi connectivity index (χ2v) is 6.12. The first-order valence-corrected chi connectivity index (χ1v) is 7.11. The molecule has 0 radical (unpaired) electrons. The van der Waals surface area contributed by atoms with E-state index in [1.165, 1.54) is 6.42 Å². The maximum atomic E-state index is 12.2. The number of piperidine rings is 1. The zero-order valence-electron chi connectivity index (χ0n) is 12.1. The molecule has 0 aliphatic carbocycles. The Morgan fingerprint density at radius 3 is 2.89 bits per heavy atom. The summed E-state index contributed by atoms with van der Waals surface area (Å²) in [5.74, 6) is 0.916. The highest BCUT2D eigenvalue weighted by atomic mass is 16.5. The van der Waals surface area contributed by atoms with E-state index in [1.54, 1.807) is 0 Å². The number of carbonyl (C=O) groups excluding carboxylic acids is 1. The molecule has 2 fully saturated rings. The fourth-order valence-electron chi connectivity index (χ4n) is 2.89. The predicted molar refractivity (Wildman–Crippen MR) is 71.4 cm³/mol. The summed E-state index contributed by atoms with van der Waals surface area (Å²) in [6.45, 7) is 8.58. The van der Waals surface area contributed by atoms with Crippen LogP contribution in [0.1, 0.15) is 33.6 Å². The first-order valence-electron chi connectivity index (χ1n) is 7.11. The minimum Gasteiger partial charge on any atom is -0.373 e. The van der Waals surface area contributed by atoms with Crippen LogP contribution in [0.15, 0.2) is 0 Å². The van der Waals surface area contributed by atoms with Gasteiger partial charge in [0.05, 0.1) is 18.8 Å². The lowest BCUT2D eigenvalue weighted by Gasteiger charge is -2.35. The highest BCUT2D eigenvalue weighted by Crippen LogP contribution is 2.32. The van der Waals surface area contributed by atoms with E-state index in [1.807, 2.05) is 11.9 Å². The third-order valence-electron chi connectivity index (χ3n) is 4.36. The normalized spacial score (nSPS) is 32.1. The number of rotatable bonds is 3. The van der Waals surface area contributed by atoms with Crippen molar-refractivity contribution in [1.29, 1.82) is 0 Å². The lowest BCUT2D eigenvalue weighted by atomic mass is 9.92. The molecule has 0 saturated carbocycles. The molecule has 4 nitrogen and oxygen atoms in total. The van der Waals surface area contributed by atoms with Gasteiger partial charge in [0.25, 0.3) is 0 Å². The highest BCUT2D eigenvalue weighted by Gasteiger charge is 2.38. The van der Waals surface area contributed by atoms with E-state index < -0.39 is 0 Å². The Morgan fingerprint density at radius 2 is 2.22 bits per heavy atom. The largest absolute Gasteiger partial charge is 0.373 e. The summed E-state index contributed by atoms with van der Waals surface area (Å²) in [5.41, 5.74) is 0. The lowest BCUT2D eigenvalue weighted by molar-refractivity contribution is -0.136. The van der Waals surface area contributed by atoms with Gasteiger partial charge in [-0.1, -0.05) is 0 Å². The second-order valence-electron chi connectivity index (χ2n) is 6.12. The predicted octanol–water partition coefficient (Wildman–Crippen LogP) is 1.35. The van der Waals surface area contributed by atoms with Crippen molar-refractivity contribution >= 4 is 5.91 Å². The van der Waals surface area contributed by atoms with Crippen molar-refractivity contribution in [2.75, 3.05) is 26.7 Å². The summed E-state index contributed by atoms with van der Waals surface area (Å²) in [6, 6.07) is 0.411. The third-order valence-corrected chi connectivity index (χ3v) is 4.36. The van der Waals surface area contributed by atoms with Crippen molar-refractivity contribution in [2.24, 2.45) is 5.92 Å². The van der Waals surface area contributed by atoms with Gasteiger partial charge in [-0.3, -0.25) is 9.69 Å². The Morgan fingerprint density at radius 1 is 1.50 bits per heavy atom. The summed E-state index contributed by atoms with van der Waals surface area (Å²) < 4.78 is 5.89. The first kappa shape index (κ1) is 13.8.